The highest BCUT2D eigenvalue weighted by atomic mass is 127. The predicted molar refractivity (Wildman–Crippen MR) is 87.6 cm³/mol. The minimum Gasteiger partial charge on any atom is -0.372 e. The highest BCUT2D eigenvalue weighted by Gasteiger charge is 2.23. The number of anilines is 1. The highest BCUT2D eigenvalue weighted by Crippen LogP contribution is 2.29. The van der Waals surface area contributed by atoms with E-state index in [1.165, 1.54) is 0 Å². The fraction of sp³-hybridized carbons (Fsp3) is 0.714. The molecule has 5 heteroatoms. The van der Waals surface area contributed by atoms with Crippen molar-refractivity contribution in [3.05, 3.63) is 15.1 Å². The van der Waals surface area contributed by atoms with Gasteiger partial charge in [0.2, 0.25) is 0 Å². The molecule has 1 heterocycles. The van der Waals surface area contributed by atoms with Gasteiger partial charge in [0, 0.05) is 13.7 Å². The second-order valence-corrected chi connectivity index (χ2v) is 6.23. The van der Waals surface area contributed by atoms with Crippen molar-refractivity contribution in [1.29, 1.82) is 0 Å². The lowest BCUT2D eigenvalue weighted by Crippen LogP contribution is -2.18. The molecule has 0 spiro atoms. The SMILES string of the molecule is CCOC(c1nc(NC)c(I)c(C(C)C)n1)C(C)C. The van der Waals surface area contributed by atoms with E-state index in [0.29, 0.717) is 18.4 Å². The molecule has 1 unspecified atom stereocenters. The number of nitrogens with one attached hydrogen (secondary N) is 1. The Morgan fingerprint density at radius 2 is 1.84 bits per heavy atom. The first-order valence-electron chi connectivity index (χ1n) is 6.78. The third kappa shape index (κ3) is 4.02. The number of rotatable bonds is 6. The van der Waals surface area contributed by atoms with Crippen LogP contribution in [0.1, 0.15) is 58.2 Å². The largest absolute Gasteiger partial charge is 0.372 e. The van der Waals surface area contributed by atoms with Crippen molar-refractivity contribution in [2.75, 3.05) is 19.0 Å². The number of aromatic nitrogens is 2. The van der Waals surface area contributed by atoms with Crippen LogP contribution >= 0.6 is 22.6 Å². The minimum atomic E-state index is -0.0494. The highest BCUT2D eigenvalue weighted by molar-refractivity contribution is 14.1. The van der Waals surface area contributed by atoms with Crippen LogP contribution in [0.2, 0.25) is 0 Å². The van der Waals surface area contributed by atoms with E-state index in [1.54, 1.807) is 0 Å². The van der Waals surface area contributed by atoms with Crippen LogP contribution in [0.3, 0.4) is 0 Å². The Bertz CT molecular complexity index is 421. The minimum absolute atomic E-state index is 0.0494. The van der Waals surface area contributed by atoms with Gasteiger partial charge < -0.3 is 10.1 Å². The summed E-state index contributed by atoms with van der Waals surface area (Å²) in [6, 6.07) is 0. The van der Waals surface area contributed by atoms with Crippen LogP contribution in [0.15, 0.2) is 0 Å². The Balaban J connectivity index is 3.30. The molecule has 1 N–H and O–H groups in total. The first kappa shape index (κ1) is 16.6. The molecule has 0 aliphatic rings. The van der Waals surface area contributed by atoms with E-state index in [9.17, 15) is 0 Å². The molecule has 1 aromatic heterocycles. The average Bonchev–Trinajstić information content (AvgIpc) is 2.35. The number of hydrogen-bond acceptors (Lipinski definition) is 4. The molecule has 0 aromatic carbocycles. The summed E-state index contributed by atoms with van der Waals surface area (Å²) in [4.78, 5) is 9.36. The van der Waals surface area contributed by atoms with Gasteiger partial charge in [-0.25, -0.2) is 9.97 Å². The van der Waals surface area contributed by atoms with Gasteiger partial charge in [-0.3, -0.25) is 0 Å². The standard InChI is InChI=1S/C14H24IN3O/c1-7-19-12(9(4)5)14-17-11(8(2)3)10(15)13(16-6)18-14/h8-9,12H,7H2,1-6H3,(H,16,17,18). The lowest BCUT2D eigenvalue weighted by Gasteiger charge is -2.22. The molecule has 0 aliphatic heterocycles. The molecule has 0 fully saturated rings. The van der Waals surface area contributed by atoms with Gasteiger partial charge in [0.25, 0.3) is 0 Å². The Hall–Kier alpha value is -0.430. The topological polar surface area (TPSA) is 47.0 Å². The van der Waals surface area contributed by atoms with Crippen LogP contribution in [-0.2, 0) is 4.74 Å². The van der Waals surface area contributed by atoms with Crippen molar-refractivity contribution in [1.82, 2.24) is 9.97 Å². The van der Waals surface area contributed by atoms with Gasteiger partial charge >= 0.3 is 0 Å². The van der Waals surface area contributed by atoms with Gasteiger partial charge in [-0.2, -0.15) is 0 Å². The number of nitrogens with zero attached hydrogens (tertiary/aromatic N) is 2. The fourth-order valence-electron chi connectivity index (χ4n) is 1.90. The summed E-state index contributed by atoms with van der Waals surface area (Å²) < 4.78 is 6.90. The Morgan fingerprint density at radius 3 is 2.26 bits per heavy atom. The first-order valence-corrected chi connectivity index (χ1v) is 7.86. The molecule has 0 saturated carbocycles. The van der Waals surface area contributed by atoms with Crippen molar-refractivity contribution in [2.24, 2.45) is 5.92 Å². The summed E-state index contributed by atoms with van der Waals surface area (Å²) in [5.41, 5.74) is 1.08. The second kappa shape index (κ2) is 7.38. The maximum atomic E-state index is 5.81. The Kier molecular flexibility index (Phi) is 6.46. The van der Waals surface area contributed by atoms with E-state index in [2.05, 4.69) is 60.6 Å². The van der Waals surface area contributed by atoms with Crippen LogP contribution in [0.25, 0.3) is 0 Å². The third-order valence-corrected chi connectivity index (χ3v) is 3.95. The molecular formula is C14H24IN3O. The maximum Gasteiger partial charge on any atom is 0.160 e. The van der Waals surface area contributed by atoms with Gasteiger partial charge in [-0.1, -0.05) is 27.7 Å². The number of hydrogen-bond donors (Lipinski definition) is 1. The van der Waals surface area contributed by atoms with E-state index in [1.807, 2.05) is 14.0 Å². The van der Waals surface area contributed by atoms with Crippen LogP contribution < -0.4 is 5.32 Å². The molecule has 1 aromatic rings. The lowest BCUT2D eigenvalue weighted by atomic mass is 10.1. The number of ether oxygens (including phenoxy) is 1. The van der Waals surface area contributed by atoms with E-state index in [-0.39, 0.29) is 6.10 Å². The molecule has 1 atom stereocenters. The molecule has 0 bridgehead atoms. The quantitative estimate of drug-likeness (QED) is 0.762. The number of halogens is 1. The van der Waals surface area contributed by atoms with Crippen molar-refractivity contribution < 1.29 is 4.74 Å². The fourth-order valence-corrected chi connectivity index (χ4v) is 3.04. The summed E-state index contributed by atoms with van der Waals surface area (Å²) in [5.74, 6) is 2.39. The van der Waals surface area contributed by atoms with Crippen LogP contribution in [-0.4, -0.2) is 23.6 Å². The molecule has 19 heavy (non-hydrogen) atoms. The van der Waals surface area contributed by atoms with Gasteiger partial charge in [0.05, 0.1) is 9.26 Å². The summed E-state index contributed by atoms with van der Waals surface area (Å²) in [7, 11) is 1.89. The zero-order chi connectivity index (χ0) is 14.6. The monoisotopic (exact) mass is 377 g/mol. The molecule has 0 amide bonds. The summed E-state index contributed by atoms with van der Waals surface area (Å²) in [6.45, 7) is 11.2. The molecule has 0 radical (unpaired) electrons. The van der Waals surface area contributed by atoms with E-state index in [4.69, 9.17) is 9.72 Å². The van der Waals surface area contributed by atoms with E-state index >= 15 is 0 Å². The van der Waals surface area contributed by atoms with Crippen molar-refractivity contribution in [3.63, 3.8) is 0 Å². The molecule has 4 nitrogen and oxygen atoms in total. The van der Waals surface area contributed by atoms with Gasteiger partial charge in [0.15, 0.2) is 5.82 Å². The van der Waals surface area contributed by atoms with Crippen LogP contribution in [0, 0.1) is 9.49 Å². The first-order chi connectivity index (χ1) is 8.92. The van der Waals surface area contributed by atoms with Crippen molar-refractivity contribution >= 4 is 28.4 Å². The van der Waals surface area contributed by atoms with Gasteiger partial charge in [-0.15, -0.1) is 0 Å². The summed E-state index contributed by atoms with van der Waals surface area (Å²) in [6.07, 6.45) is -0.0494. The van der Waals surface area contributed by atoms with Crippen molar-refractivity contribution in [3.8, 4) is 0 Å². The van der Waals surface area contributed by atoms with Gasteiger partial charge in [0.1, 0.15) is 11.9 Å². The third-order valence-electron chi connectivity index (χ3n) is 2.88. The maximum absolute atomic E-state index is 5.81. The zero-order valence-electron chi connectivity index (χ0n) is 12.6. The molecule has 0 saturated heterocycles. The van der Waals surface area contributed by atoms with Crippen LogP contribution in [0.5, 0.6) is 0 Å². The van der Waals surface area contributed by atoms with Gasteiger partial charge in [-0.05, 0) is 41.4 Å². The summed E-state index contributed by atoms with van der Waals surface area (Å²) >= 11 is 2.31. The van der Waals surface area contributed by atoms with E-state index < -0.39 is 0 Å². The molecule has 1 rings (SSSR count). The average molecular weight is 377 g/mol. The second-order valence-electron chi connectivity index (χ2n) is 5.15. The van der Waals surface area contributed by atoms with E-state index in [0.717, 1.165) is 20.9 Å². The molecule has 0 aliphatic carbocycles. The predicted octanol–water partition coefficient (Wildman–Crippen LogP) is 3.98. The molecular weight excluding hydrogens is 353 g/mol. The normalized spacial score (nSPS) is 13.1. The summed E-state index contributed by atoms with van der Waals surface area (Å²) in [5, 5.41) is 3.15. The Labute approximate surface area is 129 Å². The lowest BCUT2D eigenvalue weighted by molar-refractivity contribution is 0.0231. The molecule has 108 valence electrons. The zero-order valence-corrected chi connectivity index (χ0v) is 14.8. The van der Waals surface area contributed by atoms with Crippen molar-refractivity contribution in [2.45, 2.75) is 46.6 Å². The smallest absolute Gasteiger partial charge is 0.160 e. The Morgan fingerprint density at radius 1 is 1.21 bits per heavy atom. The van der Waals surface area contributed by atoms with Crippen LogP contribution in [0.4, 0.5) is 5.82 Å².